The maximum atomic E-state index is 10.2. The van der Waals surface area contributed by atoms with Crippen molar-refractivity contribution >= 4 is 0 Å². The first-order valence-electron chi connectivity index (χ1n) is 6.99. The minimum Gasteiger partial charge on any atom is -0.387 e. The van der Waals surface area contributed by atoms with Gasteiger partial charge in [0.15, 0.2) is 0 Å². The Morgan fingerprint density at radius 1 is 1.05 bits per heavy atom. The summed E-state index contributed by atoms with van der Waals surface area (Å²) in [5.41, 5.74) is 2.19. The second-order valence-corrected chi connectivity index (χ2v) is 4.80. The highest BCUT2D eigenvalue weighted by molar-refractivity contribution is 5.13. The molecular weight excluding hydrogens is 250 g/mol. The van der Waals surface area contributed by atoms with Crippen LogP contribution >= 0.6 is 0 Å². The van der Waals surface area contributed by atoms with Crippen LogP contribution in [0, 0.1) is 0 Å². The average Bonchev–Trinajstić information content (AvgIpc) is 2.53. The molecule has 0 radical (unpaired) electrons. The van der Waals surface area contributed by atoms with Gasteiger partial charge in [-0.05, 0) is 48.4 Å². The minimum absolute atomic E-state index is 0.463. The molecule has 0 amide bonds. The molecule has 1 unspecified atom stereocenters. The summed E-state index contributed by atoms with van der Waals surface area (Å²) in [6.07, 6.45) is 7.57. The molecule has 0 spiro atoms. The Balaban J connectivity index is 1.86. The maximum Gasteiger partial charge on any atom is 0.0918 e. The molecule has 2 heterocycles. The number of aliphatic hydroxyl groups excluding tert-OH is 1. The molecule has 106 valence electrons. The summed E-state index contributed by atoms with van der Waals surface area (Å²) in [6, 6.07) is 7.79. The van der Waals surface area contributed by atoms with E-state index in [0.29, 0.717) is 6.54 Å². The van der Waals surface area contributed by atoms with Gasteiger partial charge in [0.1, 0.15) is 0 Å². The number of aliphatic hydroxyl groups is 1. The molecular formula is C16H21N3O. The van der Waals surface area contributed by atoms with E-state index in [9.17, 15) is 5.11 Å². The molecule has 0 saturated carbocycles. The fraction of sp³-hybridized carbons (Fsp3) is 0.375. The van der Waals surface area contributed by atoms with Crippen molar-refractivity contribution in [3.05, 3.63) is 60.2 Å². The van der Waals surface area contributed by atoms with Gasteiger partial charge in [0.05, 0.1) is 6.10 Å². The van der Waals surface area contributed by atoms with Gasteiger partial charge in [-0.25, -0.2) is 0 Å². The van der Waals surface area contributed by atoms with E-state index in [1.165, 1.54) is 5.56 Å². The lowest BCUT2D eigenvalue weighted by molar-refractivity contribution is 0.116. The zero-order valence-corrected chi connectivity index (χ0v) is 11.8. The Kier molecular flexibility index (Phi) is 5.65. The Labute approximate surface area is 120 Å². The number of pyridine rings is 2. The molecule has 4 heteroatoms. The number of hydrogen-bond donors (Lipinski definition) is 1. The van der Waals surface area contributed by atoms with E-state index in [1.54, 1.807) is 12.4 Å². The van der Waals surface area contributed by atoms with Crippen LogP contribution in [-0.2, 0) is 6.42 Å². The van der Waals surface area contributed by atoms with Crippen molar-refractivity contribution in [3.8, 4) is 0 Å². The van der Waals surface area contributed by atoms with E-state index in [2.05, 4.69) is 21.8 Å². The van der Waals surface area contributed by atoms with E-state index in [-0.39, 0.29) is 0 Å². The highest BCUT2D eigenvalue weighted by Gasteiger charge is 2.12. The molecule has 0 saturated heterocycles. The summed E-state index contributed by atoms with van der Waals surface area (Å²) >= 11 is 0. The van der Waals surface area contributed by atoms with Gasteiger partial charge in [0, 0.05) is 37.9 Å². The molecule has 2 aromatic rings. The van der Waals surface area contributed by atoms with Crippen LogP contribution in [-0.4, -0.2) is 39.6 Å². The summed E-state index contributed by atoms with van der Waals surface area (Å²) in [7, 11) is 0. The molecule has 0 bridgehead atoms. The van der Waals surface area contributed by atoms with Crippen LogP contribution in [0.5, 0.6) is 0 Å². The highest BCUT2D eigenvalue weighted by atomic mass is 16.3. The van der Waals surface area contributed by atoms with Crippen molar-refractivity contribution in [1.82, 2.24) is 14.9 Å². The summed E-state index contributed by atoms with van der Waals surface area (Å²) in [4.78, 5) is 10.2. The SMILES string of the molecule is CCN(CCc1ccncc1)CC(O)c1ccncc1. The second-order valence-electron chi connectivity index (χ2n) is 4.80. The second kappa shape index (κ2) is 7.72. The van der Waals surface area contributed by atoms with Crippen molar-refractivity contribution in [2.24, 2.45) is 0 Å². The first kappa shape index (κ1) is 14.6. The number of aromatic nitrogens is 2. The number of nitrogens with zero attached hydrogens (tertiary/aromatic N) is 3. The van der Waals surface area contributed by atoms with Crippen molar-refractivity contribution < 1.29 is 5.11 Å². The topological polar surface area (TPSA) is 49.2 Å². The lowest BCUT2D eigenvalue weighted by atomic mass is 10.1. The third-order valence-corrected chi connectivity index (χ3v) is 3.44. The molecule has 20 heavy (non-hydrogen) atoms. The van der Waals surface area contributed by atoms with Gasteiger partial charge < -0.3 is 10.0 Å². The van der Waals surface area contributed by atoms with Crippen molar-refractivity contribution in [1.29, 1.82) is 0 Å². The first-order chi connectivity index (χ1) is 9.79. The van der Waals surface area contributed by atoms with Gasteiger partial charge in [0.25, 0.3) is 0 Å². The van der Waals surface area contributed by atoms with Gasteiger partial charge in [-0.15, -0.1) is 0 Å². The molecule has 4 nitrogen and oxygen atoms in total. The Bertz CT molecular complexity index is 490. The molecule has 0 aliphatic heterocycles. The summed E-state index contributed by atoms with van der Waals surface area (Å²) in [5, 5.41) is 10.2. The van der Waals surface area contributed by atoms with Gasteiger partial charge >= 0.3 is 0 Å². The van der Waals surface area contributed by atoms with Gasteiger partial charge in [-0.3, -0.25) is 9.97 Å². The fourth-order valence-corrected chi connectivity index (χ4v) is 2.15. The zero-order chi connectivity index (χ0) is 14.2. The molecule has 2 rings (SSSR count). The van der Waals surface area contributed by atoms with Crippen molar-refractivity contribution in [3.63, 3.8) is 0 Å². The lowest BCUT2D eigenvalue weighted by Crippen LogP contribution is -2.30. The maximum absolute atomic E-state index is 10.2. The molecule has 2 aromatic heterocycles. The smallest absolute Gasteiger partial charge is 0.0918 e. The molecule has 0 fully saturated rings. The Morgan fingerprint density at radius 2 is 1.65 bits per heavy atom. The van der Waals surface area contributed by atoms with Crippen LogP contribution in [0.25, 0.3) is 0 Å². The molecule has 1 atom stereocenters. The van der Waals surface area contributed by atoms with E-state index in [0.717, 1.165) is 25.1 Å². The van der Waals surface area contributed by atoms with Gasteiger partial charge in [-0.1, -0.05) is 6.92 Å². The van der Waals surface area contributed by atoms with Crippen LogP contribution in [0.2, 0.25) is 0 Å². The zero-order valence-electron chi connectivity index (χ0n) is 11.8. The van der Waals surface area contributed by atoms with Gasteiger partial charge in [0.2, 0.25) is 0 Å². The number of rotatable bonds is 7. The van der Waals surface area contributed by atoms with Crippen LogP contribution in [0.3, 0.4) is 0 Å². The molecule has 1 N–H and O–H groups in total. The normalized spacial score (nSPS) is 12.6. The fourth-order valence-electron chi connectivity index (χ4n) is 2.15. The van der Waals surface area contributed by atoms with Crippen LogP contribution in [0.1, 0.15) is 24.2 Å². The summed E-state index contributed by atoms with van der Waals surface area (Å²) in [6.45, 7) is 4.62. The van der Waals surface area contributed by atoms with Crippen LogP contribution in [0.15, 0.2) is 49.1 Å². The standard InChI is InChI=1S/C16H21N3O/c1-2-19(12-7-14-3-8-17-9-4-14)13-16(20)15-5-10-18-11-6-15/h3-6,8-11,16,20H,2,7,12-13H2,1H3. The third-order valence-electron chi connectivity index (χ3n) is 3.44. The van der Waals surface area contributed by atoms with E-state index < -0.39 is 6.10 Å². The van der Waals surface area contributed by atoms with Crippen LogP contribution < -0.4 is 0 Å². The quantitative estimate of drug-likeness (QED) is 0.837. The molecule has 0 aliphatic carbocycles. The number of hydrogen-bond acceptors (Lipinski definition) is 4. The summed E-state index contributed by atoms with van der Waals surface area (Å²) < 4.78 is 0. The third kappa shape index (κ3) is 4.40. The lowest BCUT2D eigenvalue weighted by Gasteiger charge is -2.23. The van der Waals surface area contributed by atoms with E-state index in [4.69, 9.17) is 0 Å². The monoisotopic (exact) mass is 271 g/mol. The van der Waals surface area contributed by atoms with E-state index in [1.807, 2.05) is 36.7 Å². The Hall–Kier alpha value is -1.78. The van der Waals surface area contributed by atoms with Crippen molar-refractivity contribution in [2.75, 3.05) is 19.6 Å². The summed E-state index contributed by atoms with van der Waals surface area (Å²) in [5.74, 6) is 0. The van der Waals surface area contributed by atoms with Crippen LogP contribution in [0.4, 0.5) is 0 Å². The molecule has 0 aromatic carbocycles. The average molecular weight is 271 g/mol. The van der Waals surface area contributed by atoms with Gasteiger partial charge in [-0.2, -0.15) is 0 Å². The van der Waals surface area contributed by atoms with E-state index >= 15 is 0 Å². The highest BCUT2D eigenvalue weighted by Crippen LogP contribution is 2.13. The minimum atomic E-state index is -0.463. The predicted octanol–water partition coefficient (Wildman–Crippen LogP) is 2.07. The Morgan fingerprint density at radius 3 is 2.25 bits per heavy atom. The predicted molar refractivity (Wildman–Crippen MR) is 79.3 cm³/mol. The largest absolute Gasteiger partial charge is 0.387 e. The van der Waals surface area contributed by atoms with Crippen molar-refractivity contribution in [2.45, 2.75) is 19.4 Å². The first-order valence-corrected chi connectivity index (χ1v) is 6.99. The number of likely N-dealkylation sites (N-methyl/N-ethyl adjacent to an activating group) is 1. The molecule has 0 aliphatic rings.